The average molecular weight is 380 g/mol. The molecule has 0 aliphatic heterocycles. The number of urea groups is 1. The fourth-order valence-corrected chi connectivity index (χ4v) is 2.47. The largest absolute Gasteiger partial charge is 0.411 e. The van der Waals surface area contributed by atoms with E-state index in [4.69, 9.17) is 0 Å². The van der Waals surface area contributed by atoms with Crippen LogP contribution < -0.4 is 10.6 Å². The van der Waals surface area contributed by atoms with Crippen molar-refractivity contribution in [1.29, 1.82) is 0 Å². The molecule has 7 heteroatoms. The van der Waals surface area contributed by atoms with Crippen molar-refractivity contribution < 1.29 is 22.7 Å². The number of nitrogens with one attached hydrogen (secondary N) is 2. The van der Waals surface area contributed by atoms with E-state index in [-0.39, 0.29) is 12.6 Å². The summed E-state index contributed by atoms with van der Waals surface area (Å²) < 4.78 is 40.7. The molecule has 0 heterocycles. The van der Waals surface area contributed by atoms with Crippen molar-refractivity contribution in [2.24, 2.45) is 0 Å². The molecule has 2 N–H and O–H groups in total. The smallest absolute Gasteiger partial charge is 0.367 e. The highest BCUT2D eigenvalue weighted by Crippen LogP contribution is 2.15. The van der Waals surface area contributed by atoms with Crippen LogP contribution in [0.1, 0.15) is 22.3 Å². The predicted octanol–water partition coefficient (Wildman–Crippen LogP) is 4.12. The molecule has 0 spiro atoms. The second-order valence-electron chi connectivity index (χ2n) is 6.27. The van der Waals surface area contributed by atoms with Gasteiger partial charge in [-0.2, -0.15) is 13.2 Å². The Morgan fingerprint density at radius 2 is 1.70 bits per heavy atom. The van der Waals surface area contributed by atoms with Crippen LogP contribution in [0.5, 0.6) is 0 Å². The van der Waals surface area contributed by atoms with Crippen LogP contribution in [0.4, 0.5) is 18.0 Å². The number of hydrogen-bond donors (Lipinski definition) is 2. The van der Waals surface area contributed by atoms with Crippen molar-refractivity contribution >= 4 is 6.03 Å². The fraction of sp³-hybridized carbons (Fsp3) is 0.350. The molecular weight excluding hydrogens is 357 g/mol. The molecule has 0 atom stereocenters. The van der Waals surface area contributed by atoms with Crippen LogP contribution >= 0.6 is 0 Å². The van der Waals surface area contributed by atoms with Gasteiger partial charge in [0.1, 0.15) is 6.61 Å². The van der Waals surface area contributed by atoms with Gasteiger partial charge in [0.15, 0.2) is 0 Å². The lowest BCUT2D eigenvalue weighted by atomic mass is 10.1. The van der Waals surface area contributed by atoms with Gasteiger partial charge in [-0.25, -0.2) is 4.79 Å². The van der Waals surface area contributed by atoms with E-state index in [1.54, 1.807) is 24.3 Å². The predicted molar refractivity (Wildman–Crippen MR) is 97.3 cm³/mol. The summed E-state index contributed by atoms with van der Waals surface area (Å²) in [5.74, 6) is 0. The number of rotatable bonds is 8. The Bertz CT molecular complexity index is 731. The maximum atomic E-state index is 12.0. The van der Waals surface area contributed by atoms with Gasteiger partial charge < -0.3 is 15.4 Å². The normalized spacial score (nSPS) is 11.3. The summed E-state index contributed by atoms with van der Waals surface area (Å²) in [7, 11) is 0. The van der Waals surface area contributed by atoms with Crippen LogP contribution in [0.2, 0.25) is 0 Å². The Labute approximate surface area is 156 Å². The summed E-state index contributed by atoms with van der Waals surface area (Å²) in [5.41, 5.74) is 3.84. The van der Waals surface area contributed by atoms with Gasteiger partial charge in [0.05, 0.1) is 6.61 Å². The Kier molecular flexibility index (Phi) is 7.67. The summed E-state index contributed by atoms with van der Waals surface area (Å²) in [6.45, 7) is 1.52. The molecule has 2 amide bonds. The molecule has 0 saturated heterocycles. The zero-order valence-electron chi connectivity index (χ0n) is 15.1. The van der Waals surface area contributed by atoms with Crippen LogP contribution in [-0.2, 0) is 24.3 Å². The quantitative estimate of drug-likeness (QED) is 0.724. The van der Waals surface area contributed by atoms with E-state index in [1.807, 2.05) is 25.1 Å². The summed E-state index contributed by atoms with van der Waals surface area (Å²) in [4.78, 5) is 11.8. The van der Waals surface area contributed by atoms with E-state index in [9.17, 15) is 18.0 Å². The Morgan fingerprint density at radius 3 is 2.37 bits per heavy atom. The SMILES string of the molecule is Cc1cccc(CCNC(=O)NCc2ccc(COCC(F)(F)F)cc2)c1. The van der Waals surface area contributed by atoms with Crippen LogP contribution in [0.3, 0.4) is 0 Å². The van der Waals surface area contributed by atoms with Gasteiger partial charge in [0, 0.05) is 13.1 Å². The molecule has 0 unspecified atom stereocenters. The maximum Gasteiger partial charge on any atom is 0.411 e. The minimum atomic E-state index is -4.32. The van der Waals surface area contributed by atoms with E-state index in [0.29, 0.717) is 18.7 Å². The summed E-state index contributed by atoms with van der Waals surface area (Å²) in [6.07, 6.45) is -3.57. The molecule has 2 aromatic carbocycles. The molecule has 146 valence electrons. The van der Waals surface area contributed by atoms with E-state index < -0.39 is 12.8 Å². The van der Waals surface area contributed by atoms with Crippen molar-refractivity contribution in [2.45, 2.75) is 32.7 Å². The number of hydrogen-bond acceptors (Lipinski definition) is 2. The molecule has 0 saturated carbocycles. The van der Waals surface area contributed by atoms with Crippen molar-refractivity contribution in [3.8, 4) is 0 Å². The van der Waals surface area contributed by atoms with E-state index >= 15 is 0 Å². The van der Waals surface area contributed by atoms with E-state index in [1.165, 1.54) is 11.1 Å². The van der Waals surface area contributed by atoms with Gasteiger partial charge in [-0.3, -0.25) is 0 Å². The molecule has 0 aliphatic rings. The number of amides is 2. The highest BCUT2D eigenvalue weighted by molar-refractivity contribution is 5.73. The Morgan fingerprint density at radius 1 is 1.00 bits per heavy atom. The molecule has 0 aliphatic carbocycles. The van der Waals surface area contributed by atoms with Gasteiger partial charge in [0.2, 0.25) is 0 Å². The third kappa shape index (κ3) is 8.59. The fourth-order valence-electron chi connectivity index (χ4n) is 2.47. The number of benzene rings is 2. The Hall–Kier alpha value is -2.54. The first-order valence-corrected chi connectivity index (χ1v) is 8.61. The number of carbonyl (C=O) groups is 1. The van der Waals surface area contributed by atoms with Crippen molar-refractivity contribution in [3.05, 3.63) is 70.8 Å². The summed E-state index contributed by atoms with van der Waals surface area (Å²) >= 11 is 0. The second-order valence-corrected chi connectivity index (χ2v) is 6.27. The number of aryl methyl sites for hydroxylation is 1. The van der Waals surface area contributed by atoms with E-state index in [0.717, 1.165) is 12.0 Å². The van der Waals surface area contributed by atoms with Crippen molar-refractivity contribution in [2.75, 3.05) is 13.2 Å². The standard InChI is InChI=1S/C20H23F3N2O2/c1-15-3-2-4-16(11-15)9-10-24-19(26)25-12-17-5-7-18(8-6-17)13-27-14-20(21,22)23/h2-8,11H,9-10,12-14H2,1H3,(H2,24,25,26). The van der Waals surface area contributed by atoms with Gasteiger partial charge >= 0.3 is 12.2 Å². The topological polar surface area (TPSA) is 50.4 Å². The molecule has 0 aromatic heterocycles. The number of halogens is 3. The number of ether oxygens (including phenoxy) is 1. The third-order valence-corrected chi connectivity index (χ3v) is 3.79. The molecule has 0 radical (unpaired) electrons. The molecule has 4 nitrogen and oxygen atoms in total. The average Bonchev–Trinajstić information content (AvgIpc) is 2.60. The van der Waals surface area contributed by atoms with Gasteiger partial charge in [-0.1, -0.05) is 54.1 Å². The first-order chi connectivity index (χ1) is 12.8. The lowest BCUT2D eigenvalue weighted by Crippen LogP contribution is -2.36. The van der Waals surface area contributed by atoms with Crippen molar-refractivity contribution in [3.63, 3.8) is 0 Å². The second kappa shape index (κ2) is 9.97. The minimum Gasteiger partial charge on any atom is -0.367 e. The van der Waals surface area contributed by atoms with Crippen LogP contribution in [0, 0.1) is 6.92 Å². The third-order valence-electron chi connectivity index (χ3n) is 3.79. The van der Waals surface area contributed by atoms with Crippen molar-refractivity contribution in [1.82, 2.24) is 10.6 Å². The van der Waals surface area contributed by atoms with Crippen LogP contribution in [0.25, 0.3) is 0 Å². The first kappa shape index (κ1) is 20.8. The summed E-state index contributed by atoms with van der Waals surface area (Å²) in [6, 6.07) is 14.7. The molecule has 0 fully saturated rings. The highest BCUT2D eigenvalue weighted by Gasteiger charge is 2.27. The maximum absolute atomic E-state index is 12.0. The molecule has 0 bridgehead atoms. The molecule has 2 aromatic rings. The molecule has 2 rings (SSSR count). The lowest BCUT2D eigenvalue weighted by Gasteiger charge is -2.10. The number of carbonyl (C=O) groups excluding carboxylic acids is 1. The minimum absolute atomic E-state index is 0.104. The first-order valence-electron chi connectivity index (χ1n) is 8.61. The molecular formula is C20H23F3N2O2. The lowest BCUT2D eigenvalue weighted by molar-refractivity contribution is -0.176. The van der Waals surface area contributed by atoms with Gasteiger partial charge in [0.25, 0.3) is 0 Å². The van der Waals surface area contributed by atoms with Crippen LogP contribution in [0.15, 0.2) is 48.5 Å². The monoisotopic (exact) mass is 380 g/mol. The zero-order valence-corrected chi connectivity index (χ0v) is 15.1. The van der Waals surface area contributed by atoms with E-state index in [2.05, 4.69) is 21.4 Å². The van der Waals surface area contributed by atoms with Crippen LogP contribution in [-0.4, -0.2) is 25.4 Å². The van der Waals surface area contributed by atoms with Gasteiger partial charge in [-0.05, 0) is 30.0 Å². The summed E-state index contributed by atoms with van der Waals surface area (Å²) in [5, 5.41) is 5.55. The Balaban J connectivity index is 1.66. The highest BCUT2D eigenvalue weighted by atomic mass is 19.4. The zero-order chi connectivity index (χ0) is 19.7. The van der Waals surface area contributed by atoms with Gasteiger partial charge in [-0.15, -0.1) is 0 Å². The number of alkyl halides is 3. The molecule has 27 heavy (non-hydrogen) atoms.